The number of nitrogens with zero attached hydrogens (tertiary/aromatic N) is 14. The van der Waals surface area contributed by atoms with Crippen molar-refractivity contribution in [1.29, 1.82) is 0 Å². The number of aryl methyl sites for hydroxylation is 8. The number of hydrogen-bond donors (Lipinski definition) is 9. The van der Waals surface area contributed by atoms with Crippen LogP contribution in [0.15, 0.2) is 185 Å². The molecule has 136 heavy (non-hydrogen) atoms. The van der Waals surface area contributed by atoms with Crippen LogP contribution in [-0.2, 0) is 0 Å². The minimum absolute atomic E-state index is 0.0202. The van der Waals surface area contributed by atoms with E-state index in [1.54, 1.807) is 118 Å². The number of H-pyrrole nitrogens is 4. The van der Waals surface area contributed by atoms with Crippen LogP contribution in [0.25, 0.3) is 22.7 Å². The summed E-state index contributed by atoms with van der Waals surface area (Å²) in [6.45, 7) is 28.5. The Hall–Kier alpha value is -14.0. The van der Waals surface area contributed by atoms with Crippen molar-refractivity contribution in [2.24, 2.45) is 20.4 Å². The van der Waals surface area contributed by atoms with Gasteiger partial charge in [0.05, 0.1) is 107 Å². The molecule has 12 aromatic rings. The average Bonchev–Trinajstić information content (AvgIpc) is 1.66. The number of likely N-dealkylation sites (tertiary alicyclic amines) is 4. The van der Waals surface area contributed by atoms with E-state index in [1.165, 1.54) is 61.0 Å². The van der Waals surface area contributed by atoms with E-state index in [4.69, 9.17) is 0 Å². The van der Waals surface area contributed by atoms with Gasteiger partial charge in [-0.15, -0.1) is 45.3 Å². The van der Waals surface area contributed by atoms with Crippen LogP contribution < -0.4 is 49.4 Å². The molecule has 8 amide bonds. The minimum Gasteiger partial charge on any atom is -0.338 e. The second-order valence-electron chi connectivity index (χ2n) is 34.3. The fourth-order valence-corrected chi connectivity index (χ4v) is 19.6. The van der Waals surface area contributed by atoms with Gasteiger partial charge < -0.3 is 24.5 Å². The van der Waals surface area contributed by atoms with Crippen molar-refractivity contribution in [2.45, 2.75) is 140 Å². The Morgan fingerprint density at radius 3 is 0.853 bits per heavy atom. The van der Waals surface area contributed by atoms with Gasteiger partial charge in [-0.05, 0) is 252 Å². The molecule has 4 saturated heterocycles. The Labute approximate surface area is 801 Å². The molecule has 35 nitrogen and oxygen atoms in total. The quantitative estimate of drug-likeness (QED) is 0.0212. The number of aromatic amines is 4. The molecular weight excluding hydrogens is 1810 g/mol. The predicted molar refractivity (Wildman–Crippen MR) is 533 cm³/mol. The molecule has 0 radical (unpaired) electrons. The fourth-order valence-electron chi connectivity index (χ4n) is 16.2. The largest absolute Gasteiger partial charge is 0.338 e. The summed E-state index contributed by atoms with van der Waals surface area (Å²) in [6, 6.07) is 44.4. The van der Waals surface area contributed by atoms with E-state index < -0.39 is 23.6 Å². The van der Waals surface area contributed by atoms with Crippen LogP contribution in [0.1, 0.15) is 217 Å². The van der Waals surface area contributed by atoms with Crippen molar-refractivity contribution in [3.05, 3.63) is 293 Å². The molecule has 4 aromatic carbocycles. The molecule has 12 heterocycles. The molecule has 4 aliphatic heterocycles. The van der Waals surface area contributed by atoms with Crippen LogP contribution in [0.3, 0.4) is 0 Å². The van der Waals surface area contributed by atoms with Crippen LogP contribution in [0.4, 0.5) is 0 Å². The van der Waals surface area contributed by atoms with Crippen LogP contribution in [0.5, 0.6) is 0 Å². The zero-order valence-electron chi connectivity index (χ0n) is 78.9. The predicted octanol–water partition coefficient (Wildman–Crippen LogP) is 11.9. The van der Waals surface area contributed by atoms with Crippen molar-refractivity contribution < 1.29 is 38.4 Å². The molecule has 1 unspecified atom stereocenters. The van der Waals surface area contributed by atoms with E-state index in [0.29, 0.717) is 138 Å². The summed E-state index contributed by atoms with van der Waals surface area (Å²) < 4.78 is 5.83. The second-order valence-corrected chi connectivity index (χ2v) is 38.7. The monoisotopic (exact) mass is 1920 g/mol. The SMILES string of the molecule is CC(=NNC(=O)c1ccc(C(=O)N2CCC(N(C)C)C2)s1)c1c(C)[nH]n(-c2ccc(C)cc2)c1=O.CC(=NNC(=O)c1ccc(C(=O)N2CCC(N3CCCC3)CC2)s1)c1c(C)[nH]n(-c2ccc(C)cc2)c1=O.CC(=NNC(=O)c1ccc(C(=O)N2CCCC2)s1)c1c(C)[nH]n(-c2ccc(C)cc2)c1=O.CC(=NNC(=O)c1ccc(C(=O)NN(C)C)s1)c1c(C)[nH]n(-c2ccc(C)cc2)c1=O. The number of thiophene rings is 4. The van der Waals surface area contributed by atoms with Crippen molar-refractivity contribution in [3.63, 3.8) is 0 Å². The highest BCUT2D eigenvalue weighted by atomic mass is 32.1. The lowest BCUT2D eigenvalue weighted by Gasteiger charge is -2.36. The molecule has 8 aromatic heterocycles. The number of likely N-dealkylation sites (N-methyl/N-ethyl adjacent to an activating group) is 1. The number of aromatic nitrogens is 8. The fraction of sp³-hybridized carbons (Fsp3) is 0.340. The van der Waals surface area contributed by atoms with Gasteiger partial charge in [-0.1, -0.05) is 70.8 Å². The molecule has 0 aliphatic carbocycles. The van der Waals surface area contributed by atoms with E-state index in [-0.39, 0.29) is 45.9 Å². The maximum Gasteiger partial charge on any atom is 0.281 e. The van der Waals surface area contributed by atoms with Gasteiger partial charge >= 0.3 is 0 Å². The Morgan fingerprint density at radius 1 is 0.324 bits per heavy atom. The van der Waals surface area contributed by atoms with Crippen LogP contribution in [0, 0.1) is 55.4 Å². The Bertz CT molecular complexity index is 6790. The molecule has 9 N–H and O–H groups in total. The molecule has 16 rings (SSSR count). The van der Waals surface area contributed by atoms with Crippen LogP contribution in [-0.4, -0.2) is 231 Å². The minimum atomic E-state index is -0.458. The third-order valence-corrected chi connectivity index (χ3v) is 28.0. The van der Waals surface area contributed by atoms with Gasteiger partial charge in [0, 0.05) is 88.2 Å². The molecule has 0 spiro atoms. The molecular formula is C97H113N23O12S4. The number of hydrazone groups is 4. The molecule has 712 valence electrons. The molecule has 4 aliphatic rings. The summed E-state index contributed by atoms with van der Waals surface area (Å²) in [5, 5.41) is 30.4. The number of amides is 8. The summed E-state index contributed by atoms with van der Waals surface area (Å²) in [5.41, 5.74) is 24.7. The zero-order valence-corrected chi connectivity index (χ0v) is 82.2. The number of nitrogens with one attached hydrogen (secondary N) is 9. The highest BCUT2D eigenvalue weighted by Gasteiger charge is 2.33. The maximum atomic E-state index is 13.1. The number of hydrogen-bond acceptors (Lipinski definition) is 23. The molecule has 1 atom stereocenters. The Morgan fingerprint density at radius 2 is 0.574 bits per heavy atom. The average molecular weight is 1920 g/mol. The summed E-state index contributed by atoms with van der Waals surface area (Å²) in [7, 11) is 7.43. The van der Waals surface area contributed by atoms with E-state index >= 15 is 0 Å². The molecule has 39 heteroatoms. The highest BCUT2D eigenvalue weighted by Crippen LogP contribution is 2.29. The third kappa shape index (κ3) is 23.9. The molecule has 0 bridgehead atoms. The summed E-state index contributed by atoms with van der Waals surface area (Å²) in [4.78, 5) is 166. The first-order valence-electron chi connectivity index (χ1n) is 44.6. The number of benzene rings is 4. The van der Waals surface area contributed by atoms with Crippen LogP contribution >= 0.6 is 45.3 Å². The first-order valence-corrected chi connectivity index (χ1v) is 47.9. The van der Waals surface area contributed by atoms with Gasteiger partial charge in [0.25, 0.3) is 69.5 Å². The number of piperidine rings is 1. The first kappa shape index (κ1) is 99.5. The number of rotatable bonds is 23. The molecule has 0 saturated carbocycles. The van der Waals surface area contributed by atoms with E-state index in [1.807, 2.05) is 154 Å². The summed E-state index contributed by atoms with van der Waals surface area (Å²) in [5.74, 6) is -2.12. The summed E-state index contributed by atoms with van der Waals surface area (Å²) in [6.07, 6.45) is 7.53. The van der Waals surface area contributed by atoms with Gasteiger partial charge in [-0.2, -0.15) is 20.4 Å². The topological polar surface area (TPSA) is 417 Å². The number of hydrazine groups is 1. The van der Waals surface area contributed by atoms with Crippen molar-refractivity contribution in [3.8, 4) is 22.7 Å². The van der Waals surface area contributed by atoms with Gasteiger partial charge in [-0.3, -0.25) is 83.4 Å². The van der Waals surface area contributed by atoms with Crippen molar-refractivity contribution in [1.82, 2.24) is 95.8 Å². The Balaban J connectivity index is 0.000000154. The van der Waals surface area contributed by atoms with E-state index in [2.05, 4.69) is 77.7 Å². The Kier molecular flexibility index (Phi) is 32.5. The molecule has 4 fully saturated rings. The number of carbonyl (C=O) groups is 8. The lowest BCUT2D eigenvalue weighted by atomic mass is 10.0. The highest BCUT2D eigenvalue weighted by molar-refractivity contribution is 7.17. The van der Waals surface area contributed by atoms with Gasteiger partial charge in [-0.25, -0.2) is 45.4 Å². The second kappa shape index (κ2) is 44.5. The smallest absolute Gasteiger partial charge is 0.281 e. The number of carbonyl (C=O) groups excluding carboxylic acids is 8. The van der Waals surface area contributed by atoms with Crippen LogP contribution in [0.2, 0.25) is 0 Å². The van der Waals surface area contributed by atoms with E-state index in [0.717, 1.165) is 132 Å². The van der Waals surface area contributed by atoms with Crippen molar-refractivity contribution >= 4 is 115 Å². The van der Waals surface area contributed by atoms with Gasteiger partial charge in [0.2, 0.25) is 0 Å². The summed E-state index contributed by atoms with van der Waals surface area (Å²) >= 11 is 4.52. The van der Waals surface area contributed by atoms with Gasteiger partial charge in [0.15, 0.2) is 0 Å². The maximum absolute atomic E-state index is 13.1. The van der Waals surface area contributed by atoms with E-state index in [9.17, 15) is 57.5 Å². The lowest BCUT2D eigenvalue weighted by molar-refractivity contribution is 0.0647. The van der Waals surface area contributed by atoms with Gasteiger partial charge in [0.1, 0.15) is 0 Å². The lowest BCUT2D eigenvalue weighted by Crippen LogP contribution is -2.45. The third-order valence-electron chi connectivity index (χ3n) is 23.7. The first-order chi connectivity index (χ1) is 65.0. The zero-order chi connectivity index (χ0) is 97.6. The normalized spacial score (nSPS) is 15.0. The van der Waals surface area contributed by atoms with Crippen molar-refractivity contribution in [2.75, 3.05) is 80.5 Å². The standard InChI is InChI=1S/C28H34N6O3S.C25H30N6O3S.C23H25N5O3S.C21H24N6O3S/c1-18-6-8-22(9-7-18)34-28(37)25(20(3)31-34)19(2)29-30-26(35)23-10-11-24(38-23)27(36)33-16-12-21(13-17-33)32-14-4-5-15-32;1-15-6-8-18(9-7-15)31-25(34)22(17(3)28-31)16(2)26-27-23(32)20-10-11-21(35-20)24(33)30-13-12-19(14-30)29(4)5;1-14-6-8-17(9-7-14)28-23(31)20(16(3)26-28)15(2)24-25-21(29)18-10-11-19(32-18)22(30)27-12-4-5-13-27;1-12-6-8-15(9-7-12)27-21(30)18(14(3)24-27)13(2)22-23-19(28)16-10-11-17(31-16)20(29)25-26(4)5/h6-11,21,31H,4-5,12-17H2,1-3H3,(H,30,35);6-11,19,28H,12-14H2,1-5H3,(H,27,32);6-11,26H,4-5,12-13H2,1-3H3,(H,25,29);6-11,24H,1-5H3,(H,23,28)(H,25,29).